The zero-order valence-electron chi connectivity index (χ0n) is 17.5. The molecule has 8 nitrogen and oxygen atoms in total. The molecule has 29 heavy (non-hydrogen) atoms. The van der Waals surface area contributed by atoms with Gasteiger partial charge in [-0.15, -0.1) is 0 Å². The van der Waals surface area contributed by atoms with Crippen molar-refractivity contribution < 1.29 is 23.9 Å². The largest absolute Gasteiger partial charge is 0.493 e. The number of rotatable bonds is 7. The van der Waals surface area contributed by atoms with E-state index in [1.54, 1.807) is 12.1 Å². The predicted molar refractivity (Wildman–Crippen MR) is 108 cm³/mol. The molecule has 0 heterocycles. The Balaban J connectivity index is 1.95. The molecule has 0 aliphatic heterocycles. The van der Waals surface area contributed by atoms with Crippen molar-refractivity contribution in [2.45, 2.75) is 52.0 Å². The van der Waals surface area contributed by atoms with Gasteiger partial charge in [0.25, 0.3) is 11.8 Å². The first-order chi connectivity index (χ1) is 13.9. The molecule has 1 aliphatic carbocycles. The number of nitrogens with one attached hydrogen (secondary N) is 3. The van der Waals surface area contributed by atoms with Crippen molar-refractivity contribution in [1.29, 1.82) is 0 Å². The van der Waals surface area contributed by atoms with Crippen LogP contribution in [0.4, 0.5) is 0 Å². The van der Waals surface area contributed by atoms with E-state index in [0.29, 0.717) is 17.1 Å². The number of methoxy groups -OCH3 is 2. The second-order valence-electron chi connectivity index (χ2n) is 7.58. The van der Waals surface area contributed by atoms with Gasteiger partial charge in [0.2, 0.25) is 5.91 Å². The number of benzene rings is 1. The number of hydrazine groups is 1. The van der Waals surface area contributed by atoms with E-state index in [1.807, 2.05) is 13.8 Å². The number of carbonyl (C=O) groups is 3. The highest BCUT2D eigenvalue weighted by atomic mass is 16.5. The van der Waals surface area contributed by atoms with Crippen LogP contribution >= 0.6 is 0 Å². The molecule has 1 fully saturated rings. The number of amides is 3. The van der Waals surface area contributed by atoms with Crippen LogP contribution in [0.3, 0.4) is 0 Å². The second kappa shape index (κ2) is 10.7. The molecule has 1 unspecified atom stereocenters. The van der Waals surface area contributed by atoms with Crippen molar-refractivity contribution >= 4 is 17.7 Å². The second-order valence-corrected chi connectivity index (χ2v) is 7.58. The third-order valence-corrected chi connectivity index (χ3v) is 5.17. The topological polar surface area (TPSA) is 106 Å². The summed E-state index contributed by atoms with van der Waals surface area (Å²) in [5.41, 5.74) is 5.10. The van der Waals surface area contributed by atoms with Gasteiger partial charge < -0.3 is 14.8 Å². The molecule has 0 saturated heterocycles. The van der Waals surface area contributed by atoms with Gasteiger partial charge in [-0.3, -0.25) is 25.2 Å². The monoisotopic (exact) mass is 405 g/mol. The lowest BCUT2D eigenvalue weighted by molar-refractivity contribution is -0.133. The van der Waals surface area contributed by atoms with Gasteiger partial charge in [-0.25, -0.2) is 0 Å². The van der Waals surface area contributed by atoms with E-state index in [9.17, 15) is 14.4 Å². The SMILES string of the molecule is COc1ccc(C(=O)NNC(=O)C(NC(=O)C2CCCCC2)C(C)C)cc1OC. The van der Waals surface area contributed by atoms with E-state index in [2.05, 4.69) is 16.2 Å². The fourth-order valence-corrected chi connectivity index (χ4v) is 3.42. The number of hydrogen-bond donors (Lipinski definition) is 3. The standard InChI is InChI=1S/C21H31N3O5/c1-13(2)18(22-19(25)14-8-6-5-7-9-14)21(27)24-23-20(26)15-10-11-16(28-3)17(12-15)29-4/h10-14,18H,5-9H2,1-4H3,(H,22,25)(H,23,26)(H,24,27). The minimum absolute atomic E-state index is 0.0424. The van der Waals surface area contributed by atoms with E-state index in [1.165, 1.54) is 20.3 Å². The van der Waals surface area contributed by atoms with E-state index >= 15 is 0 Å². The molecule has 0 aromatic heterocycles. The Bertz CT molecular complexity index is 729. The maximum Gasteiger partial charge on any atom is 0.269 e. The van der Waals surface area contributed by atoms with Gasteiger partial charge >= 0.3 is 0 Å². The Morgan fingerprint density at radius 1 is 0.966 bits per heavy atom. The van der Waals surface area contributed by atoms with Gasteiger partial charge in [0, 0.05) is 11.5 Å². The van der Waals surface area contributed by atoms with Gasteiger partial charge in [0.15, 0.2) is 11.5 Å². The molecule has 2 rings (SSSR count). The first kappa shape index (κ1) is 22.5. The van der Waals surface area contributed by atoms with E-state index in [4.69, 9.17) is 9.47 Å². The van der Waals surface area contributed by atoms with Crippen LogP contribution in [0.1, 0.15) is 56.3 Å². The summed E-state index contributed by atoms with van der Waals surface area (Å²) in [7, 11) is 2.98. The van der Waals surface area contributed by atoms with Crippen molar-refractivity contribution in [3.8, 4) is 11.5 Å². The maximum atomic E-state index is 12.6. The van der Waals surface area contributed by atoms with E-state index < -0.39 is 17.9 Å². The van der Waals surface area contributed by atoms with Crippen LogP contribution in [0.2, 0.25) is 0 Å². The Morgan fingerprint density at radius 2 is 1.62 bits per heavy atom. The Hall–Kier alpha value is -2.77. The predicted octanol–water partition coefficient (Wildman–Crippen LogP) is 2.19. The zero-order chi connectivity index (χ0) is 21.4. The Labute approximate surface area is 171 Å². The van der Waals surface area contributed by atoms with Gasteiger partial charge in [-0.05, 0) is 37.0 Å². The quantitative estimate of drug-likeness (QED) is 0.603. The summed E-state index contributed by atoms with van der Waals surface area (Å²) in [6.45, 7) is 3.70. The highest BCUT2D eigenvalue weighted by Gasteiger charge is 2.29. The molecule has 3 N–H and O–H groups in total. The van der Waals surface area contributed by atoms with E-state index in [0.717, 1.165) is 32.1 Å². The lowest BCUT2D eigenvalue weighted by atomic mass is 9.88. The average molecular weight is 405 g/mol. The minimum Gasteiger partial charge on any atom is -0.493 e. The molecule has 3 amide bonds. The average Bonchev–Trinajstić information content (AvgIpc) is 2.75. The molecule has 1 atom stereocenters. The van der Waals surface area contributed by atoms with Crippen molar-refractivity contribution in [3.05, 3.63) is 23.8 Å². The highest BCUT2D eigenvalue weighted by Crippen LogP contribution is 2.27. The normalized spacial score (nSPS) is 15.3. The van der Waals surface area contributed by atoms with Crippen LogP contribution in [0.25, 0.3) is 0 Å². The molecule has 0 spiro atoms. The van der Waals surface area contributed by atoms with Crippen molar-refractivity contribution in [2.75, 3.05) is 14.2 Å². The first-order valence-electron chi connectivity index (χ1n) is 10.00. The molecule has 1 aromatic carbocycles. The van der Waals surface area contributed by atoms with Crippen LogP contribution in [0.15, 0.2) is 18.2 Å². The van der Waals surface area contributed by atoms with Crippen LogP contribution < -0.4 is 25.6 Å². The van der Waals surface area contributed by atoms with Crippen molar-refractivity contribution in [2.24, 2.45) is 11.8 Å². The summed E-state index contributed by atoms with van der Waals surface area (Å²) in [4.78, 5) is 37.5. The van der Waals surface area contributed by atoms with Gasteiger partial charge in [0.05, 0.1) is 14.2 Å². The number of hydrogen-bond acceptors (Lipinski definition) is 5. The lowest BCUT2D eigenvalue weighted by Gasteiger charge is -2.26. The third-order valence-electron chi connectivity index (χ3n) is 5.17. The summed E-state index contributed by atoms with van der Waals surface area (Å²) in [5, 5.41) is 2.84. The highest BCUT2D eigenvalue weighted by molar-refractivity contribution is 5.97. The van der Waals surface area contributed by atoms with Crippen LogP contribution in [-0.2, 0) is 9.59 Å². The lowest BCUT2D eigenvalue weighted by Crippen LogP contribution is -2.55. The molecular weight excluding hydrogens is 374 g/mol. The Morgan fingerprint density at radius 3 is 2.21 bits per heavy atom. The zero-order valence-corrected chi connectivity index (χ0v) is 17.5. The summed E-state index contributed by atoms with van der Waals surface area (Å²) in [5.74, 6) is -0.312. The minimum atomic E-state index is -0.727. The van der Waals surface area contributed by atoms with Crippen LogP contribution in [-0.4, -0.2) is 38.0 Å². The fraction of sp³-hybridized carbons (Fsp3) is 0.571. The molecule has 0 bridgehead atoms. The summed E-state index contributed by atoms with van der Waals surface area (Å²) < 4.78 is 10.3. The summed E-state index contributed by atoms with van der Waals surface area (Å²) >= 11 is 0. The van der Waals surface area contributed by atoms with Crippen LogP contribution in [0.5, 0.6) is 11.5 Å². The molecule has 1 aromatic rings. The molecule has 1 saturated carbocycles. The van der Waals surface area contributed by atoms with Gasteiger partial charge in [-0.2, -0.15) is 0 Å². The fourth-order valence-electron chi connectivity index (χ4n) is 3.42. The van der Waals surface area contributed by atoms with Gasteiger partial charge in [0.1, 0.15) is 6.04 Å². The number of carbonyl (C=O) groups excluding carboxylic acids is 3. The summed E-state index contributed by atoms with van der Waals surface area (Å²) in [6.07, 6.45) is 4.94. The smallest absolute Gasteiger partial charge is 0.269 e. The maximum absolute atomic E-state index is 12.6. The molecular formula is C21H31N3O5. The van der Waals surface area contributed by atoms with Crippen molar-refractivity contribution in [1.82, 2.24) is 16.2 Å². The molecule has 160 valence electrons. The Kier molecular flexibility index (Phi) is 8.30. The molecule has 0 radical (unpaired) electrons. The third kappa shape index (κ3) is 6.10. The number of ether oxygens (including phenoxy) is 2. The van der Waals surface area contributed by atoms with Crippen LogP contribution in [0, 0.1) is 11.8 Å². The molecule has 1 aliphatic rings. The molecule has 8 heteroatoms. The first-order valence-corrected chi connectivity index (χ1v) is 10.00. The van der Waals surface area contributed by atoms with E-state index in [-0.39, 0.29) is 17.7 Å². The summed E-state index contributed by atoms with van der Waals surface area (Å²) in [6, 6.07) is 3.96. The van der Waals surface area contributed by atoms with Gasteiger partial charge in [-0.1, -0.05) is 33.1 Å². The van der Waals surface area contributed by atoms with Crippen molar-refractivity contribution in [3.63, 3.8) is 0 Å².